The maximum absolute atomic E-state index is 5.24. The maximum atomic E-state index is 5.24. The van der Waals surface area contributed by atoms with Gasteiger partial charge in [0, 0.05) is 0 Å². The molecule has 0 N–H and O–H groups in total. The lowest BCUT2D eigenvalue weighted by atomic mass is 11.0. The molecule has 0 fully saturated rings. The highest BCUT2D eigenvalue weighted by atomic mass is 35.5. The van der Waals surface area contributed by atoms with Crippen LogP contribution in [0.25, 0.3) is 0 Å². The van der Waals surface area contributed by atoms with Gasteiger partial charge in [-0.15, -0.1) is 5.10 Å². The van der Waals surface area contributed by atoms with Crippen LogP contribution in [0.2, 0.25) is 5.15 Å². The molecule has 0 unspecified atom stereocenters. The van der Waals surface area contributed by atoms with Gasteiger partial charge in [-0.25, -0.2) is 0 Å². The summed E-state index contributed by atoms with van der Waals surface area (Å²) >= 11 is 6.36. The second kappa shape index (κ2) is 1.53. The fourth-order valence-electron chi connectivity index (χ4n) is 0.135. The minimum absolute atomic E-state index is 0.347. The molecule has 0 atom stereocenters. The van der Waals surface area contributed by atoms with Gasteiger partial charge in [-0.1, -0.05) is 16.1 Å². The second-order valence-corrected chi connectivity index (χ2v) is 1.57. The molecular weight excluding hydrogens is 120 g/mol. The van der Waals surface area contributed by atoms with Crippen molar-refractivity contribution < 1.29 is 0 Å². The van der Waals surface area contributed by atoms with E-state index in [-0.39, 0.29) is 0 Å². The fourth-order valence-corrected chi connectivity index (χ4v) is 0.600. The minimum atomic E-state index is 0.347. The Balaban J connectivity index is 3.05. The molecule has 1 radical (unpaired) electrons. The summed E-state index contributed by atoms with van der Waals surface area (Å²) in [5.41, 5.74) is 0. The largest absolute Gasteiger partial charge is 0.173 e. The van der Waals surface area contributed by atoms with Gasteiger partial charge in [0.05, 0.1) is 0 Å². The first-order valence-corrected chi connectivity index (χ1v) is 2.40. The zero-order valence-electron chi connectivity index (χ0n) is 2.68. The Bertz CT molecular complexity index is 115. The van der Waals surface area contributed by atoms with Crippen LogP contribution in [0.4, 0.5) is 0 Å². The zero-order chi connectivity index (χ0) is 4.41. The highest BCUT2D eigenvalue weighted by Gasteiger charge is 1.83. The Labute approximate surface area is 43.9 Å². The van der Waals surface area contributed by atoms with Crippen LogP contribution in [-0.4, -0.2) is 9.59 Å². The third kappa shape index (κ3) is 0.666. The van der Waals surface area contributed by atoms with Crippen LogP contribution in [0.1, 0.15) is 0 Å². The highest BCUT2D eigenvalue weighted by molar-refractivity contribution is 7.03. The maximum Gasteiger partial charge on any atom is 0.173 e. The van der Waals surface area contributed by atoms with Crippen LogP contribution < -0.4 is 0 Å². The molecule has 1 heterocycles. The van der Waals surface area contributed by atoms with Gasteiger partial charge in [0.2, 0.25) is 0 Å². The Hall–Kier alpha value is -0.150. The number of halogens is 1. The Morgan fingerprint density at radius 2 is 2.67 bits per heavy atom. The van der Waals surface area contributed by atoms with E-state index in [9.17, 15) is 0 Å². The van der Waals surface area contributed by atoms with Crippen LogP contribution in [0.15, 0.2) is 0 Å². The number of hydrogen-bond donors (Lipinski definition) is 0. The summed E-state index contributed by atoms with van der Waals surface area (Å²) in [6, 6.07) is 0. The number of aromatic nitrogens is 2. The molecule has 0 aliphatic carbocycles. The Morgan fingerprint density at radius 1 is 1.83 bits per heavy atom. The summed E-state index contributed by atoms with van der Waals surface area (Å²) in [6.07, 6.45) is 0. The second-order valence-electron chi connectivity index (χ2n) is 0.666. The summed E-state index contributed by atoms with van der Waals surface area (Å²) in [5, 5.41) is 6.33. The molecule has 0 aliphatic heterocycles. The fraction of sp³-hybridized carbons (Fsp3) is 0. The zero-order valence-corrected chi connectivity index (χ0v) is 4.25. The lowest BCUT2D eigenvalue weighted by Gasteiger charge is -1.56. The average Bonchev–Trinajstić information content (AvgIpc) is 1.86. The van der Waals surface area contributed by atoms with Crippen molar-refractivity contribution in [3.8, 4) is 0 Å². The third-order valence-corrected chi connectivity index (χ3v) is 1.03. The molecule has 1 aromatic heterocycles. The molecule has 6 heavy (non-hydrogen) atoms. The lowest BCUT2D eigenvalue weighted by Crippen LogP contribution is -1.57. The van der Waals surface area contributed by atoms with Crippen LogP contribution in [0, 0.1) is 5.38 Å². The van der Waals surface area contributed by atoms with Gasteiger partial charge in [-0.3, -0.25) is 0 Å². The predicted octanol–water partition coefficient (Wildman–Crippen LogP) is 0.992. The van der Waals surface area contributed by atoms with Crippen LogP contribution >= 0.6 is 23.1 Å². The summed E-state index contributed by atoms with van der Waals surface area (Å²) in [5.74, 6) is 0. The molecule has 0 aliphatic rings. The standard InChI is InChI=1S/C2ClN2S/c3-2-1-6-5-4-2. The van der Waals surface area contributed by atoms with E-state index >= 15 is 0 Å². The highest BCUT2D eigenvalue weighted by Crippen LogP contribution is 2.00. The van der Waals surface area contributed by atoms with Crippen LogP contribution in [0.5, 0.6) is 0 Å². The molecule has 2 nitrogen and oxygen atoms in total. The lowest BCUT2D eigenvalue weighted by molar-refractivity contribution is 1.16. The van der Waals surface area contributed by atoms with E-state index in [1.165, 1.54) is 0 Å². The quantitative estimate of drug-likeness (QED) is 0.509. The molecule has 31 valence electrons. The molecule has 0 spiro atoms. The van der Waals surface area contributed by atoms with E-state index in [1.54, 1.807) is 0 Å². The molecule has 0 saturated heterocycles. The van der Waals surface area contributed by atoms with Crippen molar-refractivity contribution in [1.82, 2.24) is 9.59 Å². The van der Waals surface area contributed by atoms with E-state index in [0.29, 0.717) is 5.15 Å². The first-order chi connectivity index (χ1) is 2.89. The van der Waals surface area contributed by atoms with Crippen molar-refractivity contribution in [3.63, 3.8) is 0 Å². The summed E-state index contributed by atoms with van der Waals surface area (Å²) in [6.45, 7) is 0. The average molecular weight is 120 g/mol. The number of rotatable bonds is 0. The van der Waals surface area contributed by atoms with Gasteiger partial charge in [-0.05, 0) is 11.5 Å². The summed E-state index contributed by atoms with van der Waals surface area (Å²) in [4.78, 5) is 0. The van der Waals surface area contributed by atoms with Gasteiger partial charge >= 0.3 is 0 Å². The van der Waals surface area contributed by atoms with Crippen LogP contribution in [-0.2, 0) is 0 Å². The van der Waals surface area contributed by atoms with Crippen molar-refractivity contribution in [2.45, 2.75) is 0 Å². The van der Waals surface area contributed by atoms with E-state index < -0.39 is 0 Å². The molecule has 0 saturated carbocycles. The monoisotopic (exact) mass is 119 g/mol. The molecular formula is C2ClN2S. The molecule has 0 aromatic carbocycles. The van der Waals surface area contributed by atoms with Crippen LogP contribution in [0.3, 0.4) is 0 Å². The van der Waals surface area contributed by atoms with Gasteiger partial charge in [0.1, 0.15) is 5.38 Å². The van der Waals surface area contributed by atoms with E-state index in [0.717, 1.165) is 11.5 Å². The molecule has 1 rings (SSSR count). The molecule has 4 heteroatoms. The van der Waals surface area contributed by atoms with Crippen molar-refractivity contribution >= 4 is 23.1 Å². The predicted molar refractivity (Wildman–Crippen MR) is 23.8 cm³/mol. The SMILES string of the molecule is Clc1[c]snn1. The first-order valence-electron chi connectivity index (χ1n) is 1.25. The van der Waals surface area contributed by atoms with E-state index in [2.05, 4.69) is 15.0 Å². The molecule has 0 amide bonds. The molecule has 1 aromatic rings. The smallest absolute Gasteiger partial charge is 0.125 e. The summed E-state index contributed by atoms with van der Waals surface area (Å²) < 4.78 is 3.43. The molecule has 0 bridgehead atoms. The van der Waals surface area contributed by atoms with Gasteiger partial charge in [0.15, 0.2) is 5.15 Å². The van der Waals surface area contributed by atoms with Crippen molar-refractivity contribution in [3.05, 3.63) is 10.5 Å². The van der Waals surface area contributed by atoms with Crippen molar-refractivity contribution in [1.29, 1.82) is 0 Å². The normalized spacial score (nSPS) is 8.83. The van der Waals surface area contributed by atoms with E-state index in [1.807, 2.05) is 0 Å². The third-order valence-electron chi connectivity index (χ3n) is 0.299. The van der Waals surface area contributed by atoms with Gasteiger partial charge in [0.25, 0.3) is 0 Å². The number of hydrogen-bond acceptors (Lipinski definition) is 3. The number of nitrogens with zero attached hydrogens (tertiary/aromatic N) is 2. The van der Waals surface area contributed by atoms with Crippen molar-refractivity contribution in [2.75, 3.05) is 0 Å². The van der Waals surface area contributed by atoms with Gasteiger partial charge in [-0.2, -0.15) is 0 Å². The minimum Gasteiger partial charge on any atom is -0.125 e. The first kappa shape index (κ1) is 4.02. The Kier molecular flexibility index (Phi) is 1.03. The van der Waals surface area contributed by atoms with E-state index in [4.69, 9.17) is 11.6 Å². The Morgan fingerprint density at radius 3 is 2.83 bits per heavy atom. The summed E-state index contributed by atoms with van der Waals surface area (Å²) in [7, 11) is 0. The topological polar surface area (TPSA) is 25.8 Å². The van der Waals surface area contributed by atoms with Gasteiger partial charge < -0.3 is 0 Å². The van der Waals surface area contributed by atoms with Crippen molar-refractivity contribution in [2.24, 2.45) is 0 Å².